The van der Waals surface area contributed by atoms with E-state index < -0.39 is 0 Å². The lowest BCUT2D eigenvalue weighted by atomic mass is 10.1. The molecule has 0 unspecified atom stereocenters. The van der Waals surface area contributed by atoms with Gasteiger partial charge in [0.25, 0.3) is 0 Å². The van der Waals surface area contributed by atoms with Gasteiger partial charge in [-0.25, -0.2) is 0 Å². The molecule has 0 saturated carbocycles. The van der Waals surface area contributed by atoms with E-state index in [1.165, 1.54) is 12.0 Å². The van der Waals surface area contributed by atoms with E-state index >= 15 is 0 Å². The highest BCUT2D eigenvalue weighted by Crippen LogP contribution is 2.14. The molecule has 0 aromatic heterocycles. The number of nitrogens with one attached hydrogen (secondary N) is 1. The fourth-order valence-electron chi connectivity index (χ4n) is 1.24. The van der Waals surface area contributed by atoms with Gasteiger partial charge in [-0.1, -0.05) is 50.1 Å². The third kappa shape index (κ3) is 3.69. The van der Waals surface area contributed by atoms with Crippen LogP contribution >= 0.6 is 11.6 Å². The zero-order chi connectivity index (χ0) is 10.4. The van der Waals surface area contributed by atoms with Crippen molar-refractivity contribution >= 4 is 11.6 Å². The Labute approximate surface area is 91.5 Å². The van der Waals surface area contributed by atoms with Crippen LogP contribution in [0.4, 0.5) is 0 Å². The predicted molar refractivity (Wildman–Crippen MR) is 62.6 cm³/mol. The van der Waals surface area contributed by atoms with Crippen molar-refractivity contribution in [2.24, 2.45) is 5.92 Å². The fraction of sp³-hybridized carbons (Fsp3) is 0.500. The second kappa shape index (κ2) is 6.05. The Kier molecular flexibility index (Phi) is 4.99. The van der Waals surface area contributed by atoms with Gasteiger partial charge in [0, 0.05) is 11.6 Å². The molecule has 0 bridgehead atoms. The van der Waals surface area contributed by atoms with Crippen LogP contribution in [0.15, 0.2) is 24.3 Å². The Hall–Kier alpha value is -0.530. The van der Waals surface area contributed by atoms with Crippen molar-refractivity contribution in [1.29, 1.82) is 0 Å². The first kappa shape index (κ1) is 11.5. The number of rotatable bonds is 5. The average molecular weight is 212 g/mol. The second-order valence-electron chi connectivity index (χ2n) is 3.74. The lowest BCUT2D eigenvalue weighted by Crippen LogP contribution is -2.20. The van der Waals surface area contributed by atoms with Gasteiger partial charge in [-0.3, -0.25) is 0 Å². The van der Waals surface area contributed by atoms with E-state index in [2.05, 4.69) is 25.2 Å². The van der Waals surface area contributed by atoms with Gasteiger partial charge in [-0.15, -0.1) is 0 Å². The Balaban J connectivity index is 2.35. The van der Waals surface area contributed by atoms with Crippen molar-refractivity contribution in [3.05, 3.63) is 34.9 Å². The summed E-state index contributed by atoms with van der Waals surface area (Å²) in [5.41, 5.74) is 1.18. The summed E-state index contributed by atoms with van der Waals surface area (Å²) in [7, 11) is 0. The van der Waals surface area contributed by atoms with E-state index in [9.17, 15) is 0 Å². The SMILES string of the molecule is CC[C@H](C)CNCc1ccccc1Cl. The molecule has 0 aliphatic heterocycles. The van der Waals surface area contributed by atoms with Crippen molar-refractivity contribution in [1.82, 2.24) is 5.32 Å². The largest absolute Gasteiger partial charge is 0.312 e. The normalized spacial score (nSPS) is 12.8. The molecule has 0 saturated heterocycles. The molecule has 0 heterocycles. The highest BCUT2D eigenvalue weighted by Gasteiger charge is 2.00. The zero-order valence-corrected chi connectivity index (χ0v) is 9.64. The molecule has 0 amide bonds. The van der Waals surface area contributed by atoms with Gasteiger partial charge < -0.3 is 5.32 Å². The van der Waals surface area contributed by atoms with E-state index in [-0.39, 0.29) is 0 Å². The van der Waals surface area contributed by atoms with Crippen LogP contribution in [0.2, 0.25) is 5.02 Å². The zero-order valence-electron chi connectivity index (χ0n) is 8.89. The minimum atomic E-state index is 0.734. The van der Waals surface area contributed by atoms with Crippen LogP contribution in [0.5, 0.6) is 0 Å². The van der Waals surface area contributed by atoms with Crippen LogP contribution in [0.3, 0.4) is 0 Å². The summed E-state index contributed by atoms with van der Waals surface area (Å²) in [5, 5.41) is 4.26. The molecule has 1 rings (SSSR count). The molecular weight excluding hydrogens is 194 g/mol. The van der Waals surface area contributed by atoms with Crippen molar-refractivity contribution in [3.63, 3.8) is 0 Å². The molecular formula is C12H18ClN. The smallest absolute Gasteiger partial charge is 0.0450 e. The summed E-state index contributed by atoms with van der Waals surface area (Å²) in [6, 6.07) is 7.97. The Bertz CT molecular complexity index is 273. The predicted octanol–water partition coefficient (Wildman–Crippen LogP) is 3.48. The molecule has 1 atom stereocenters. The molecule has 1 aromatic rings. The van der Waals surface area contributed by atoms with Gasteiger partial charge in [0.1, 0.15) is 0 Å². The van der Waals surface area contributed by atoms with Gasteiger partial charge in [0.05, 0.1) is 0 Å². The van der Waals surface area contributed by atoms with Crippen molar-refractivity contribution in [2.45, 2.75) is 26.8 Å². The van der Waals surface area contributed by atoms with Crippen molar-refractivity contribution < 1.29 is 0 Å². The molecule has 0 aliphatic rings. The Morgan fingerprint density at radius 3 is 2.71 bits per heavy atom. The standard InChI is InChI=1S/C12H18ClN/c1-3-10(2)8-14-9-11-6-4-5-7-12(11)13/h4-7,10,14H,3,8-9H2,1-2H3/t10-/m0/s1. The van der Waals surface area contributed by atoms with Gasteiger partial charge >= 0.3 is 0 Å². The maximum absolute atomic E-state index is 6.03. The van der Waals surface area contributed by atoms with Crippen LogP contribution in [-0.2, 0) is 6.54 Å². The van der Waals surface area contributed by atoms with Gasteiger partial charge in [0.2, 0.25) is 0 Å². The Morgan fingerprint density at radius 2 is 2.07 bits per heavy atom. The van der Waals surface area contributed by atoms with Crippen LogP contribution < -0.4 is 5.32 Å². The van der Waals surface area contributed by atoms with E-state index in [4.69, 9.17) is 11.6 Å². The third-order valence-electron chi connectivity index (χ3n) is 2.46. The van der Waals surface area contributed by atoms with E-state index in [0.717, 1.165) is 24.0 Å². The lowest BCUT2D eigenvalue weighted by molar-refractivity contribution is 0.500. The monoisotopic (exact) mass is 211 g/mol. The molecule has 1 aromatic carbocycles. The molecule has 14 heavy (non-hydrogen) atoms. The summed E-state index contributed by atoms with van der Waals surface area (Å²) in [5.74, 6) is 0.734. The topological polar surface area (TPSA) is 12.0 Å². The molecule has 78 valence electrons. The number of hydrogen-bond donors (Lipinski definition) is 1. The second-order valence-corrected chi connectivity index (χ2v) is 4.14. The summed E-state index contributed by atoms with van der Waals surface area (Å²) in [6.07, 6.45) is 1.22. The fourth-order valence-corrected chi connectivity index (χ4v) is 1.44. The molecule has 0 aliphatic carbocycles. The third-order valence-corrected chi connectivity index (χ3v) is 2.83. The van der Waals surface area contributed by atoms with E-state index in [0.29, 0.717) is 0 Å². The van der Waals surface area contributed by atoms with Gasteiger partial charge in [0.15, 0.2) is 0 Å². The highest BCUT2D eigenvalue weighted by molar-refractivity contribution is 6.31. The maximum Gasteiger partial charge on any atom is 0.0450 e. The quantitative estimate of drug-likeness (QED) is 0.787. The molecule has 1 N–H and O–H groups in total. The number of hydrogen-bond acceptors (Lipinski definition) is 1. The van der Waals surface area contributed by atoms with Gasteiger partial charge in [-0.2, -0.15) is 0 Å². The summed E-state index contributed by atoms with van der Waals surface area (Å²) in [6.45, 7) is 6.38. The molecule has 0 radical (unpaired) electrons. The highest BCUT2D eigenvalue weighted by atomic mass is 35.5. The van der Waals surface area contributed by atoms with Crippen LogP contribution in [0.1, 0.15) is 25.8 Å². The van der Waals surface area contributed by atoms with Gasteiger partial charge in [-0.05, 0) is 24.1 Å². The van der Waals surface area contributed by atoms with Crippen LogP contribution in [0, 0.1) is 5.92 Å². The van der Waals surface area contributed by atoms with E-state index in [1.807, 2.05) is 18.2 Å². The number of halogens is 1. The summed E-state index contributed by atoms with van der Waals surface area (Å²) in [4.78, 5) is 0. The maximum atomic E-state index is 6.03. The van der Waals surface area contributed by atoms with Crippen LogP contribution in [0.25, 0.3) is 0 Å². The molecule has 0 fully saturated rings. The van der Waals surface area contributed by atoms with Crippen molar-refractivity contribution in [3.8, 4) is 0 Å². The average Bonchev–Trinajstić information content (AvgIpc) is 2.20. The molecule has 1 nitrogen and oxygen atoms in total. The summed E-state index contributed by atoms with van der Waals surface area (Å²) >= 11 is 6.03. The first-order valence-electron chi connectivity index (χ1n) is 5.18. The number of benzene rings is 1. The molecule has 2 heteroatoms. The lowest BCUT2D eigenvalue weighted by Gasteiger charge is -2.10. The van der Waals surface area contributed by atoms with Crippen molar-refractivity contribution in [2.75, 3.05) is 6.54 Å². The van der Waals surface area contributed by atoms with Crippen LogP contribution in [-0.4, -0.2) is 6.54 Å². The first-order chi connectivity index (χ1) is 6.74. The van der Waals surface area contributed by atoms with E-state index in [1.54, 1.807) is 0 Å². The minimum Gasteiger partial charge on any atom is -0.312 e. The Morgan fingerprint density at radius 1 is 1.36 bits per heavy atom. The first-order valence-corrected chi connectivity index (χ1v) is 5.56. The summed E-state index contributed by atoms with van der Waals surface area (Å²) < 4.78 is 0. The minimum absolute atomic E-state index is 0.734. The molecule has 0 spiro atoms.